The standard InChI is InChI=1S/C72H61N4O.Pt/c1-70(2,3)49-32-34-58-61-28-18-27-55(48-38-47(46-20-11-10-12-21-46)39-51(40-48)72(7,8)9)68(61)75-45-74(65-31-19-29-62(69(65)75)56-24-13-14-25-57(56)63(58)41-49)52-22-17-23-53(43-52)77-54-33-35-60-59-26-15-16-30-64(59)76(66(60)44-54)67-42-50(36-37-73-67)71(4,5)6;/h10-42,45H,1-9H3;/q-3;/i10D,11D,12D,20D,21D;. The fraction of sp³-hybridized carbons (Fsp3) is 0.167. The average Bonchev–Trinajstić information content (AvgIpc) is 2.31. The smallest absolute Gasteiger partial charge is 0.135 e. The van der Waals surface area contributed by atoms with Gasteiger partial charge in [0.05, 0.1) is 6.85 Å². The van der Waals surface area contributed by atoms with Gasteiger partial charge in [0.25, 0.3) is 0 Å². The zero-order chi connectivity index (χ0) is 57.3. The van der Waals surface area contributed by atoms with Crippen LogP contribution in [0.25, 0.3) is 93.2 Å². The molecule has 0 N–H and O–H groups in total. The third-order valence-electron chi connectivity index (χ3n) is 15.2. The number of fused-ring (bicyclic) bond motifs is 10. The van der Waals surface area contributed by atoms with Gasteiger partial charge in [-0.3, -0.25) is 0 Å². The summed E-state index contributed by atoms with van der Waals surface area (Å²) in [6, 6.07) is 63.1. The molecule has 0 radical (unpaired) electrons. The van der Waals surface area contributed by atoms with Gasteiger partial charge in [0.1, 0.15) is 5.82 Å². The first-order chi connectivity index (χ1) is 39.1. The molecule has 9 aromatic carbocycles. The largest absolute Gasteiger partial charge is 0.509 e. The van der Waals surface area contributed by atoms with E-state index in [0.717, 1.165) is 99.0 Å². The van der Waals surface area contributed by atoms with E-state index in [-0.39, 0.29) is 67.0 Å². The summed E-state index contributed by atoms with van der Waals surface area (Å²) in [5.41, 5.74) is 10.7. The minimum Gasteiger partial charge on any atom is -0.509 e. The Labute approximate surface area is 479 Å². The predicted octanol–water partition coefficient (Wildman–Crippen LogP) is 19.5. The molecule has 12 aromatic rings. The van der Waals surface area contributed by atoms with E-state index in [1.165, 1.54) is 11.1 Å². The van der Waals surface area contributed by atoms with Crippen molar-refractivity contribution in [3.8, 4) is 39.6 Å². The summed E-state index contributed by atoms with van der Waals surface area (Å²) in [5.74, 6) is 1.87. The van der Waals surface area contributed by atoms with Crippen molar-refractivity contribution in [3.05, 3.63) is 236 Å². The SMILES string of the molecule is [2H]c1c([2H])c([2H])c(-c2cc(-c3cccc4c5ccc(C(C)(C)C)cc5c5ccccc5c5cccc6c5n(c34)[CH-]N6c3[c-]c(Oc4[c-]c5c(cc4)c4ccccc4n5-c4cc(C(C)(C)C)ccn4)ccc3)cc(C(C)(C)C)c2)c([2H])c1[2H].[Pt]. The first-order valence-corrected chi connectivity index (χ1v) is 26.4. The van der Waals surface area contributed by atoms with Gasteiger partial charge in [-0.05, 0) is 141 Å². The minimum atomic E-state index is -0.422. The molecular formula is C72H61N4OPt-3. The molecule has 5 nitrogen and oxygen atoms in total. The fourth-order valence-corrected chi connectivity index (χ4v) is 11.2. The molecule has 0 spiro atoms. The topological polar surface area (TPSA) is 35.2 Å². The van der Waals surface area contributed by atoms with Crippen molar-refractivity contribution < 1.29 is 32.7 Å². The monoisotopic (exact) mass is 1200 g/mol. The first-order valence-electron chi connectivity index (χ1n) is 28.9. The molecule has 0 amide bonds. The Morgan fingerprint density at radius 1 is 0.487 bits per heavy atom. The van der Waals surface area contributed by atoms with Gasteiger partial charge in [-0.2, -0.15) is 12.1 Å². The van der Waals surface area contributed by atoms with E-state index < -0.39 is 6.04 Å². The summed E-state index contributed by atoms with van der Waals surface area (Å²) in [6.07, 6.45) is 1.88. The number of nitrogens with zero attached hydrogens (tertiary/aromatic N) is 4. The molecule has 0 saturated heterocycles. The van der Waals surface area contributed by atoms with Crippen molar-refractivity contribution in [3.63, 3.8) is 0 Å². The van der Waals surface area contributed by atoms with Gasteiger partial charge in [0.15, 0.2) is 0 Å². The van der Waals surface area contributed by atoms with Crippen LogP contribution in [-0.4, -0.2) is 14.1 Å². The third-order valence-corrected chi connectivity index (χ3v) is 15.2. The molecule has 0 fully saturated rings. The van der Waals surface area contributed by atoms with Crippen LogP contribution in [0.15, 0.2) is 200 Å². The van der Waals surface area contributed by atoms with Gasteiger partial charge >= 0.3 is 0 Å². The van der Waals surface area contributed by atoms with Gasteiger partial charge < -0.3 is 18.8 Å². The number of aromatic nitrogens is 3. The number of rotatable bonds is 6. The Morgan fingerprint density at radius 3 is 1.86 bits per heavy atom. The van der Waals surface area contributed by atoms with Crippen LogP contribution < -0.4 is 9.64 Å². The summed E-state index contributed by atoms with van der Waals surface area (Å²) in [7, 11) is 0. The van der Waals surface area contributed by atoms with E-state index in [0.29, 0.717) is 17.1 Å². The van der Waals surface area contributed by atoms with Crippen LogP contribution in [0.5, 0.6) is 11.5 Å². The van der Waals surface area contributed by atoms with Crippen LogP contribution in [0.2, 0.25) is 0 Å². The molecule has 13 rings (SSSR count). The van der Waals surface area contributed by atoms with Crippen molar-refractivity contribution in [1.82, 2.24) is 14.1 Å². The number of hydrogen-bond acceptors (Lipinski definition) is 3. The maximum Gasteiger partial charge on any atom is 0.135 e. The van der Waals surface area contributed by atoms with Gasteiger partial charge in [0.2, 0.25) is 0 Å². The quantitative estimate of drug-likeness (QED) is 0.156. The molecule has 78 heavy (non-hydrogen) atoms. The average molecular weight is 1200 g/mol. The number of anilines is 2. The van der Waals surface area contributed by atoms with Crippen LogP contribution in [0.3, 0.4) is 0 Å². The van der Waals surface area contributed by atoms with E-state index in [1.807, 2.05) is 36.5 Å². The second-order valence-electron chi connectivity index (χ2n) is 23.4. The van der Waals surface area contributed by atoms with E-state index >= 15 is 0 Å². The zero-order valence-electron chi connectivity index (χ0n) is 50.3. The summed E-state index contributed by atoms with van der Waals surface area (Å²) >= 11 is 0. The maximum atomic E-state index is 9.15. The third kappa shape index (κ3) is 8.79. The van der Waals surface area contributed by atoms with E-state index in [2.05, 4.69) is 229 Å². The fourth-order valence-electron chi connectivity index (χ4n) is 11.2. The van der Waals surface area contributed by atoms with Crippen LogP contribution in [0.4, 0.5) is 11.4 Å². The predicted molar refractivity (Wildman–Crippen MR) is 324 cm³/mol. The Hall–Kier alpha value is -8.11. The second-order valence-corrected chi connectivity index (χ2v) is 23.4. The molecule has 4 heterocycles. The van der Waals surface area contributed by atoms with Crippen molar-refractivity contribution >= 4 is 76.5 Å². The van der Waals surface area contributed by atoms with E-state index in [9.17, 15) is 0 Å². The molecule has 6 heteroatoms. The van der Waals surface area contributed by atoms with Gasteiger partial charge in [-0.1, -0.05) is 207 Å². The molecule has 0 unspecified atom stereocenters. The summed E-state index contributed by atoms with van der Waals surface area (Å²) in [4.78, 5) is 7.07. The molecule has 1 aliphatic rings. The Balaban J connectivity index is 0.00000680. The van der Waals surface area contributed by atoms with Crippen LogP contribution in [-0.2, 0) is 37.3 Å². The summed E-state index contributed by atoms with van der Waals surface area (Å²) in [6.45, 7) is 22.0. The van der Waals surface area contributed by atoms with E-state index in [4.69, 9.17) is 16.6 Å². The van der Waals surface area contributed by atoms with Crippen LogP contribution in [0, 0.1) is 18.8 Å². The number of para-hydroxylation sites is 3. The molecule has 0 aliphatic carbocycles. The number of hydrogen-bond donors (Lipinski definition) is 0. The normalized spacial score (nSPS) is 13.6. The Bertz CT molecular complexity index is 4700. The van der Waals surface area contributed by atoms with E-state index in [1.54, 1.807) is 0 Å². The van der Waals surface area contributed by atoms with Gasteiger partial charge in [-0.15, -0.1) is 35.7 Å². The molecule has 0 saturated carbocycles. The Kier molecular flexibility index (Phi) is 11.0. The van der Waals surface area contributed by atoms with Crippen molar-refractivity contribution in [1.29, 1.82) is 0 Å². The summed E-state index contributed by atoms with van der Waals surface area (Å²) in [5, 5.41) is 8.56. The van der Waals surface area contributed by atoms with Crippen molar-refractivity contribution in [2.45, 2.75) is 78.6 Å². The molecule has 0 bridgehead atoms. The summed E-state index contributed by atoms with van der Waals surface area (Å²) < 4.78 is 55.5. The number of pyridine rings is 1. The van der Waals surface area contributed by atoms with Gasteiger partial charge in [0, 0.05) is 50.0 Å². The van der Waals surface area contributed by atoms with Crippen LogP contribution in [0.1, 0.15) is 85.9 Å². The Morgan fingerprint density at radius 2 is 1.10 bits per heavy atom. The second kappa shape index (κ2) is 19.1. The number of ether oxygens (including phenoxy) is 1. The molecule has 388 valence electrons. The maximum absolute atomic E-state index is 9.15. The minimum absolute atomic E-state index is 0. The van der Waals surface area contributed by atoms with Crippen molar-refractivity contribution in [2.24, 2.45) is 0 Å². The molecular weight excluding hydrogens is 1130 g/mol. The molecule has 1 aliphatic heterocycles. The van der Waals surface area contributed by atoms with Gasteiger partial charge in [-0.25, -0.2) is 4.98 Å². The zero-order valence-corrected chi connectivity index (χ0v) is 47.5. The van der Waals surface area contributed by atoms with Crippen LogP contribution >= 0.6 is 0 Å². The first kappa shape index (κ1) is 45.0. The van der Waals surface area contributed by atoms with Crippen molar-refractivity contribution in [2.75, 3.05) is 4.90 Å². The molecule has 0 atom stereocenters. The number of benzene rings is 9. The molecule has 3 aromatic heterocycles.